The van der Waals surface area contributed by atoms with Gasteiger partial charge in [0.25, 0.3) is 0 Å². The van der Waals surface area contributed by atoms with E-state index in [-0.39, 0.29) is 5.91 Å². The van der Waals surface area contributed by atoms with Gasteiger partial charge >= 0.3 is 0 Å². The quantitative estimate of drug-likeness (QED) is 0.521. The van der Waals surface area contributed by atoms with E-state index < -0.39 is 0 Å². The lowest BCUT2D eigenvalue weighted by Gasteiger charge is -2.08. The van der Waals surface area contributed by atoms with Crippen LogP contribution in [0.15, 0.2) is 45.4 Å². The van der Waals surface area contributed by atoms with E-state index >= 15 is 0 Å². The summed E-state index contributed by atoms with van der Waals surface area (Å²) in [6, 6.07) is 11.2. The molecule has 0 spiro atoms. The Morgan fingerprint density at radius 1 is 1.14 bits per heavy atom. The minimum Gasteiger partial charge on any atom is -0.493 e. The van der Waals surface area contributed by atoms with Crippen molar-refractivity contribution >= 4 is 27.5 Å². The maximum atomic E-state index is 12.2. The van der Waals surface area contributed by atoms with E-state index in [4.69, 9.17) is 14.0 Å². The van der Waals surface area contributed by atoms with Crippen molar-refractivity contribution < 1.29 is 18.8 Å². The van der Waals surface area contributed by atoms with Crippen molar-refractivity contribution in [3.63, 3.8) is 0 Å². The zero-order valence-corrected chi connectivity index (χ0v) is 18.1. The largest absolute Gasteiger partial charge is 0.493 e. The Bertz CT molecular complexity index is 1000. The molecule has 0 saturated heterocycles. The van der Waals surface area contributed by atoms with Gasteiger partial charge in [0, 0.05) is 28.6 Å². The molecule has 0 saturated carbocycles. The topological polar surface area (TPSA) is 86.5 Å². The fourth-order valence-corrected chi connectivity index (χ4v) is 3.30. The zero-order valence-electron chi connectivity index (χ0n) is 16.5. The first-order valence-corrected chi connectivity index (χ1v) is 9.90. The van der Waals surface area contributed by atoms with Gasteiger partial charge in [0.1, 0.15) is 0 Å². The minimum atomic E-state index is -0.0462. The van der Waals surface area contributed by atoms with Gasteiger partial charge in [-0.2, -0.15) is 4.98 Å². The monoisotopic (exact) mass is 459 g/mol. The number of halogens is 1. The molecule has 1 N–H and O–H groups in total. The molecule has 2 aromatic carbocycles. The Morgan fingerprint density at radius 2 is 1.93 bits per heavy atom. The first-order chi connectivity index (χ1) is 14.0. The van der Waals surface area contributed by atoms with Crippen LogP contribution < -0.4 is 14.8 Å². The summed E-state index contributed by atoms with van der Waals surface area (Å²) in [5, 5.41) is 6.94. The van der Waals surface area contributed by atoms with Crippen LogP contribution >= 0.6 is 15.9 Å². The molecule has 0 atom stereocenters. The maximum Gasteiger partial charge on any atom is 0.226 e. The Balaban J connectivity index is 1.55. The summed E-state index contributed by atoms with van der Waals surface area (Å²) < 4.78 is 16.8. The number of anilines is 1. The summed E-state index contributed by atoms with van der Waals surface area (Å²) in [6.07, 6.45) is 1.49. The van der Waals surface area contributed by atoms with Crippen molar-refractivity contribution in [3.05, 3.63) is 52.3 Å². The van der Waals surface area contributed by atoms with Crippen molar-refractivity contribution in [1.82, 2.24) is 10.1 Å². The second-order valence-electron chi connectivity index (χ2n) is 6.44. The number of nitrogens with zero attached hydrogens (tertiary/aromatic N) is 2. The van der Waals surface area contributed by atoms with Gasteiger partial charge in [-0.3, -0.25) is 4.79 Å². The number of nitrogens with one attached hydrogen (secondary N) is 1. The summed E-state index contributed by atoms with van der Waals surface area (Å²) in [5.41, 5.74) is 2.58. The summed E-state index contributed by atoms with van der Waals surface area (Å²) in [7, 11) is 3.16. The van der Waals surface area contributed by atoms with E-state index in [1.807, 2.05) is 31.2 Å². The van der Waals surface area contributed by atoms with Crippen LogP contribution in [0.4, 0.5) is 5.69 Å². The molecule has 152 valence electrons. The Labute approximate surface area is 177 Å². The molecule has 1 aromatic heterocycles. The number of benzene rings is 2. The van der Waals surface area contributed by atoms with E-state index in [0.29, 0.717) is 42.5 Å². The fraction of sp³-hybridized carbons (Fsp3) is 0.286. The number of amides is 1. The molecule has 3 aromatic rings. The van der Waals surface area contributed by atoms with Gasteiger partial charge < -0.3 is 19.3 Å². The van der Waals surface area contributed by atoms with E-state index in [1.54, 1.807) is 26.4 Å². The average Bonchev–Trinajstić information content (AvgIpc) is 3.18. The molecular weight excluding hydrogens is 438 g/mol. The number of aromatic nitrogens is 2. The molecule has 0 aliphatic rings. The van der Waals surface area contributed by atoms with Crippen LogP contribution in [0.5, 0.6) is 11.5 Å². The fourth-order valence-electron chi connectivity index (χ4n) is 2.83. The molecule has 3 rings (SSSR count). The van der Waals surface area contributed by atoms with Crippen LogP contribution in [0, 0.1) is 6.92 Å². The second kappa shape index (κ2) is 9.56. The standard InChI is InChI=1S/C21H22BrN3O4/c1-13-11-15(22)8-9-16(13)23-19(26)5-4-6-20-24-21(25-29-20)14-7-10-17(27-2)18(12-14)28-3/h7-12H,4-6H2,1-3H3,(H,23,26). The van der Waals surface area contributed by atoms with Gasteiger partial charge in [-0.1, -0.05) is 21.1 Å². The number of methoxy groups -OCH3 is 2. The number of carbonyl (C=O) groups is 1. The van der Waals surface area contributed by atoms with E-state index in [0.717, 1.165) is 21.3 Å². The normalized spacial score (nSPS) is 10.6. The Kier molecular flexibility index (Phi) is 6.87. The third kappa shape index (κ3) is 5.35. The highest BCUT2D eigenvalue weighted by atomic mass is 79.9. The third-order valence-corrected chi connectivity index (χ3v) is 4.86. The van der Waals surface area contributed by atoms with Gasteiger partial charge in [-0.25, -0.2) is 0 Å². The lowest BCUT2D eigenvalue weighted by molar-refractivity contribution is -0.116. The smallest absolute Gasteiger partial charge is 0.226 e. The summed E-state index contributed by atoms with van der Waals surface area (Å²) in [5.74, 6) is 2.14. The highest BCUT2D eigenvalue weighted by molar-refractivity contribution is 9.10. The molecule has 29 heavy (non-hydrogen) atoms. The maximum absolute atomic E-state index is 12.2. The predicted octanol–water partition coefficient (Wildman–Crippen LogP) is 4.79. The number of rotatable bonds is 8. The Hall–Kier alpha value is -2.87. The van der Waals surface area contributed by atoms with Crippen molar-refractivity contribution in [1.29, 1.82) is 0 Å². The second-order valence-corrected chi connectivity index (χ2v) is 7.36. The molecule has 0 fully saturated rings. The van der Waals surface area contributed by atoms with Crippen molar-refractivity contribution in [2.75, 3.05) is 19.5 Å². The minimum absolute atomic E-state index is 0.0462. The Morgan fingerprint density at radius 3 is 2.66 bits per heavy atom. The summed E-state index contributed by atoms with van der Waals surface area (Å²) in [6.45, 7) is 1.95. The molecule has 1 amide bonds. The van der Waals surface area contributed by atoms with Crippen LogP contribution in [0.25, 0.3) is 11.4 Å². The summed E-state index contributed by atoms with van der Waals surface area (Å²) in [4.78, 5) is 16.6. The molecule has 7 nitrogen and oxygen atoms in total. The lowest BCUT2D eigenvalue weighted by Crippen LogP contribution is -2.12. The molecule has 0 bridgehead atoms. The summed E-state index contributed by atoms with van der Waals surface area (Å²) >= 11 is 3.42. The molecular formula is C21H22BrN3O4. The van der Waals surface area contributed by atoms with Gasteiger partial charge in [0.2, 0.25) is 17.6 Å². The molecule has 0 aliphatic heterocycles. The van der Waals surface area contributed by atoms with Gasteiger partial charge in [0.05, 0.1) is 14.2 Å². The number of aryl methyl sites for hydroxylation is 2. The van der Waals surface area contributed by atoms with Crippen molar-refractivity contribution in [2.24, 2.45) is 0 Å². The molecule has 0 radical (unpaired) electrons. The first kappa shape index (κ1) is 20.9. The van der Waals surface area contributed by atoms with Crippen molar-refractivity contribution in [2.45, 2.75) is 26.2 Å². The van der Waals surface area contributed by atoms with Crippen LogP contribution in [0.2, 0.25) is 0 Å². The van der Waals surface area contributed by atoms with Crippen LogP contribution in [-0.2, 0) is 11.2 Å². The third-order valence-electron chi connectivity index (χ3n) is 4.37. The number of hydrogen-bond donors (Lipinski definition) is 1. The first-order valence-electron chi connectivity index (χ1n) is 9.11. The molecule has 0 aliphatic carbocycles. The van der Waals surface area contributed by atoms with E-state index in [1.165, 1.54) is 0 Å². The van der Waals surface area contributed by atoms with Crippen molar-refractivity contribution in [3.8, 4) is 22.9 Å². The number of carbonyl (C=O) groups excluding carboxylic acids is 1. The zero-order chi connectivity index (χ0) is 20.8. The molecule has 8 heteroatoms. The number of ether oxygens (including phenoxy) is 2. The predicted molar refractivity (Wildman–Crippen MR) is 113 cm³/mol. The lowest BCUT2D eigenvalue weighted by atomic mass is 10.2. The van der Waals surface area contributed by atoms with E-state index in [9.17, 15) is 4.79 Å². The molecule has 1 heterocycles. The van der Waals surface area contributed by atoms with Crippen LogP contribution in [0.3, 0.4) is 0 Å². The van der Waals surface area contributed by atoms with Gasteiger partial charge in [-0.15, -0.1) is 0 Å². The average molecular weight is 460 g/mol. The van der Waals surface area contributed by atoms with Gasteiger partial charge in [-0.05, 0) is 55.3 Å². The van der Waals surface area contributed by atoms with Crippen LogP contribution in [0.1, 0.15) is 24.3 Å². The number of hydrogen-bond acceptors (Lipinski definition) is 6. The SMILES string of the molecule is COc1ccc(-c2noc(CCCC(=O)Nc3ccc(Br)cc3C)n2)cc1OC. The van der Waals surface area contributed by atoms with E-state index in [2.05, 4.69) is 31.4 Å². The highest BCUT2D eigenvalue weighted by Gasteiger charge is 2.13. The van der Waals surface area contributed by atoms with Gasteiger partial charge in [0.15, 0.2) is 11.5 Å². The van der Waals surface area contributed by atoms with Crippen LogP contribution in [-0.4, -0.2) is 30.3 Å². The highest BCUT2D eigenvalue weighted by Crippen LogP contribution is 2.31. The molecule has 0 unspecified atom stereocenters.